The molecule has 1 aromatic heterocycles. The lowest BCUT2D eigenvalue weighted by Crippen LogP contribution is -2.35. The quantitative estimate of drug-likeness (QED) is 0.668. The summed E-state index contributed by atoms with van der Waals surface area (Å²) >= 11 is 0. The van der Waals surface area contributed by atoms with E-state index in [0.717, 1.165) is 16.7 Å². The van der Waals surface area contributed by atoms with Crippen LogP contribution in [-0.4, -0.2) is 46.2 Å². The van der Waals surface area contributed by atoms with Crippen molar-refractivity contribution in [1.29, 1.82) is 0 Å². The average Bonchev–Trinajstić information content (AvgIpc) is 2.96. The van der Waals surface area contributed by atoms with E-state index in [1.165, 1.54) is 5.56 Å². The minimum atomic E-state index is -0.0241. The molecule has 1 fully saturated rings. The van der Waals surface area contributed by atoms with E-state index >= 15 is 0 Å². The smallest absolute Gasteiger partial charge is 0.253 e. The monoisotopic (exact) mass is 399 g/mol. The topological polar surface area (TPSA) is 53.5 Å². The van der Waals surface area contributed by atoms with Crippen molar-refractivity contribution in [3.8, 4) is 11.1 Å². The number of nitrogens with zero attached hydrogens (tertiary/aromatic N) is 3. The molecule has 1 aliphatic rings. The van der Waals surface area contributed by atoms with E-state index in [1.807, 2.05) is 41.3 Å². The molecule has 2 amide bonds. The van der Waals surface area contributed by atoms with Crippen LogP contribution in [-0.2, 0) is 11.3 Å². The normalized spacial score (nSPS) is 14.5. The van der Waals surface area contributed by atoms with Gasteiger partial charge in [0.25, 0.3) is 5.91 Å². The van der Waals surface area contributed by atoms with E-state index in [4.69, 9.17) is 0 Å². The van der Waals surface area contributed by atoms with Crippen LogP contribution in [0.5, 0.6) is 0 Å². The van der Waals surface area contributed by atoms with Gasteiger partial charge in [0.2, 0.25) is 5.91 Å². The number of carbonyl (C=O) groups is 2. The van der Waals surface area contributed by atoms with Gasteiger partial charge >= 0.3 is 0 Å². The number of benzene rings is 2. The first-order valence-corrected chi connectivity index (χ1v) is 10.2. The van der Waals surface area contributed by atoms with Crippen LogP contribution in [0.15, 0.2) is 73.1 Å². The molecule has 4 rings (SSSR count). The molecule has 0 N–H and O–H groups in total. The highest BCUT2D eigenvalue weighted by atomic mass is 16.2. The van der Waals surface area contributed by atoms with Crippen molar-refractivity contribution < 1.29 is 9.59 Å². The fourth-order valence-electron chi connectivity index (χ4n) is 3.68. The van der Waals surface area contributed by atoms with Gasteiger partial charge in [-0.05, 0) is 47.9 Å². The predicted molar refractivity (Wildman–Crippen MR) is 117 cm³/mol. The highest BCUT2D eigenvalue weighted by Gasteiger charge is 2.24. The standard InChI is InChI=1S/C25H25N3O2/c1-19-2-4-21(5-3-19)22-6-8-23(9-7-22)25(30)27-15-12-24(29)28(17-16-27)18-20-10-13-26-14-11-20/h2-11,13-14H,12,15-18H2,1H3. The zero-order chi connectivity index (χ0) is 20.9. The van der Waals surface area contributed by atoms with Crippen molar-refractivity contribution in [3.05, 3.63) is 89.7 Å². The van der Waals surface area contributed by atoms with Gasteiger partial charge in [0.1, 0.15) is 0 Å². The maximum atomic E-state index is 13.0. The van der Waals surface area contributed by atoms with E-state index in [9.17, 15) is 9.59 Å². The van der Waals surface area contributed by atoms with Gasteiger partial charge in [0.05, 0.1) is 0 Å². The number of amides is 2. The van der Waals surface area contributed by atoms with Crippen LogP contribution < -0.4 is 0 Å². The molecule has 5 heteroatoms. The highest BCUT2D eigenvalue weighted by Crippen LogP contribution is 2.21. The van der Waals surface area contributed by atoms with E-state index in [1.54, 1.807) is 17.3 Å². The minimum absolute atomic E-state index is 0.0241. The second-order valence-corrected chi connectivity index (χ2v) is 7.66. The third kappa shape index (κ3) is 4.57. The number of aromatic nitrogens is 1. The summed E-state index contributed by atoms with van der Waals surface area (Å²) in [6.45, 7) is 4.14. The first-order chi connectivity index (χ1) is 14.6. The van der Waals surface area contributed by atoms with E-state index in [0.29, 0.717) is 38.2 Å². The van der Waals surface area contributed by atoms with Crippen molar-refractivity contribution >= 4 is 11.8 Å². The number of hydrogen-bond acceptors (Lipinski definition) is 3. The third-order valence-electron chi connectivity index (χ3n) is 5.51. The molecule has 0 spiro atoms. The predicted octanol–water partition coefficient (Wildman–Crippen LogP) is 3.93. The minimum Gasteiger partial charge on any atom is -0.337 e. The first-order valence-electron chi connectivity index (χ1n) is 10.2. The second-order valence-electron chi connectivity index (χ2n) is 7.66. The molecule has 0 radical (unpaired) electrons. The molecular weight excluding hydrogens is 374 g/mol. The van der Waals surface area contributed by atoms with Gasteiger partial charge in [-0.25, -0.2) is 0 Å². The Hall–Kier alpha value is -3.47. The maximum Gasteiger partial charge on any atom is 0.253 e. The van der Waals surface area contributed by atoms with Crippen LogP contribution in [0.25, 0.3) is 11.1 Å². The highest BCUT2D eigenvalue weighted by molar-refractivity contribution is 5.95. The Kier molecular flexibility index (Phi) is 5.89. The lowest BCUT2D eigenvalue weighted by molar-refractivity contribution is -0.130. The number of carbonyl (C=O) groups excluding carboxylic acids is 2. The summed E-state index contributed by atoms with van der Waals surface area (Å²) in [7, 11) is 0. The molecule has 2 aromatic carbocycles. The van der Waals surface area contributed by atoms with Crippen molar-refractivity contribution in [2.45, 2.75) is 19.9 Å². The van der Waals surface area contributed by atoms with Crippen LogP contribution in [0, 0.1) is 6.92 Å². The molecule has 152 valence electrons. The Morgan fingerprint density at radius 2 is 1.50 bits per heavy atom. The van der Waals surface area contributed by atoms with E-state index < -0.39 is 0 Å². The first kappa shape index (κ1) is 19.8. The Balaban J connectivity index is 1.42. The summed E-state index contributed by atoms with van der Waals surface area (Å²) in [5.41, 5.74) is 5.14. The number of rotatable bonds is 4. The van der Waals surface area contributed by atoms with Crippen LogP contribution in [0.1, 0.15) is 27.9 Å². The molecule has 0 saturated carbocycles. The van der Waals surface area contributed by atoms with Gasteiger partial charge in [0, 0.05) is 50.6 Å². The molecule has 1 aliphatic heterocycles. The molecule has 0 aliphatic carbocycles. The summed E-state index contributed by atoms with van der Waals surface area (Å²) in [4.78, 5) is 33.1. The van der Waals surface area contributed by atoms with Crippen molar-refractivity contribution in [3.63, 3.8) is 0 Å². The summed E-state index contributed by atoms with van der Waals surface area (Å²) < 4.78 is 0. The van der Waals surface area contributed by atoms with Gasteiger partial charge in [-0.3, -0.25) is 14.6 Å². The maximum absolute atomic E-state index is 13.0. The fraction of sp³-hybridized carbons (Fsp3) is 0.240. The third-order valence-corrected chi connectivity index (χ3v) is 5.51. The van der Waals surface area contributed by atoms with Crippen molar-refractivity contribution in [1.82, 2.24) is 14.8 Å². The lowest BCUT2D eigenvalue weighted by atomic mass is 10.0. The Morgan fingerprint density at radius 1 is 0.867 bits per heavy atom. The average molecular weight is 399 g/mol. The zero-order valence-corrected chi connectivity index (χ0v) is 17.1. The Morgan fingerprint density at radius 3 is 2.17 bits per heavy atom. The van der Waals surface area contributed by atoms with Crippen molar-refractivity contribution in [2.24, 2.45) is 0 Å². The van der Waals surface area contributed by atoms with E-state index in [-0.39, 0.29) is 11.8 Å². The number of hydrogen-bond donors (Lipinski definition) is 0. The summed E-state index contributed by atoms with van der Waals surface area (Å²) in [6.07, 6.45) is 3.81. The van der Waals surface area contributed by atoms with Gasteiger partial charge in [-0.15, -0.1) is 0 Å². The van der Waals surface area contributed by atoms with Gasteiger partial charge in [-0.2, -0.15) is 0 Å². The van der Waals surface area contributed by atoms with Gasteiger partial charge in [0.15, 0.2) is 0 Å². The molecule has 5 nitrogen and oxygen atoms in total. The van der Waals surface area contributed by atoms with E-state index in [2.05, 4.69) is 36.2 Å². The summed E-state index contributed by atoms with van der Waals surface area (Å²) in [6, 6.07) is 19.9. The fourth-order valence-corrected chi connectivity index (χ4v) is 3.68. The Bertz CT molecular complexity index is 1010. The van der Waals surface area contributed by atoms with Crippen LogP contribution >= 0.6 is 0 Å². The van der Waals surface area contributed by atoms with Gasteiger partial charge in [-0.1, -0.05) is 42.0 Å². The van der Waals surface area contributed by atoms with Gasteiger partial charge < -0.3 is 9.80 Å². The molecule has 2 heterocycles. The summed E-state index contributed by atoms with van der Waals surface area (Å²) in [5.74, 6) is 0.0563. The van der Waals surface area contributed by atoms with Crippen LogP contribution in [0.4, 0.5) is 0 Å². The largest absolute Gasteiger partial charge is 0.337 e. The number of aryl methyl sites for hydroxylation is 1. The molecule has 1 saturated heterocycles. The second kappa shape index (κ2) is 8.91. The van der Waals surface area contributed by atoms with Crippen LogP contribution in [0.2, 0.25) is 0 Å². The summed E-state index contributed by atoms with van der Waals surface area (Å²) in [5, 5.41) is 0. The molecule has 3 aromatic rings. The molecule has 0 atom stereocenters. The molecule has 0 unspecified atom stereocenters. The van der Waals surface area contributed by atoms with Crippen LogP contribution in [0.3, 0.4) is 0 Å². The molecule has 30 heavy (non-hydrogen) atoms. The molecule has 0 bridgehead atoms. The SMILES string of the molecule is Cc1ccc(-c2ccc(C(=O)N3CCC(=O)N(Cc4ccncc4)CC3)cc2)cc1. The lowest BCUT2D eigenvalue weighted by Gasteiger charge is -2.22. The zero-order valence-electron chi connectivity index (χ0n) is 17.1. The molecular formula is C25H25N3O2. The van der Waals surface area contributed by atoms with Crippen molar-refractivity contribution in [2.75, 3.05) is 19.6 Å². The Labute approximate surface area is 177 Å². The number of pyridine rings is 1.